The summed E-state index contributed by atoms with van der Waals surface area (Å²) in [6, 6.07) is 1.31. The van der Waals surface area contributed by atoms with Crippen LogP contribution in [0.15, 0.2) is 16.8 Å². The summed E-state index contributed by atoms with van der Waals surface area (Å²) in [5.74, 6) is 1.02. The smallest absolute Gasteiger partial charge is 0.320 e. The third-order valence-corrected chi connectivity index (χ3v) is 3.98. The predicted molar refractivity (Wildman–Crippen MR) is 80.6 cm³/mol. The largest absolute Gasteiger partial charge is 0.390 e. The number of aryl methyl sites for hydroxylation is 1. The van der Waals surface area contributed by atoms with Crippen molar-refractivity contribution in [3.05, 3.63) is 23.7 Å². The van der Waals surface area contributed by atoms with E-state index < -0.39 is 0 Å². The molecule has 9 heteroatoms. The van der Waals surface area contributed by atoms with Gasteiger partial charge in [-0.2, -0.15) is 0 Å². The lowest BCUT2D eigenvalue weighted by atomic mass is 9.90. The van der Waals surface area contributed by atoms with E-state index in [2.05, 4.69) is 26.1 Å². The maximum Gasteiger partial charge on any atom is 0.320 e. The van der Waals surface area contributed by atoms with Crippen LogP contribution in [0.2, 0.25) is 0 Å². The summed E-state index contributed by atoms with van der Waals surface area (Å²) in [6.45, 7) is 1.62. The van der Waals surface area contributed by atoms with Crippen molar-refractivity contribution in [3.8, 4) is 0 Å². The van der Waals surface area contributed by atoms with Gasteiger partial charge in [0.2, 0.25) is 0 Å². The van der Waals surface area contributed by atoms with Crippen LogP contribution in [-0.4, -0.2) is 37.3 Å². The SMILES string of the molecule is Cc1cc(NC(=O)N[C@H]2CCCC[C@H]2n2cc(CO)nn2)no1. The van der Waals surface area contributed by atoms with Crippen molar-refractivity contribution >= 4 is 11.8 Å². The number of anilines is 1. The second kappa shape index (κ2) is 6.78. The third-order valence-electron chi connectivity index (χ3n) is 3.98. The van der Waals surface area contributed by atoms with Gasteiger partial charge in [-0.1, -0.05) is 23.2 Å². The molecule has 0 radical (unpaired) electrons. The number of aliphatic hydroxyl groups is 1. The van der Waals surface area contributed by atoms with Gasteiger partial charge in [0.1, 0.15) is 11.5 Å². The Morgan fingerprint density at radius 2 is 2.30 bits per heavy atom. The van der Waals surface area contributed by atoms with Crippen molar-refractivity contribution in [3.63, 3.8) is 0 Å². The summed E-state index contributed by atoms with van der Waals surface area (Å²) in [6.07, 6.45) is 5.61. The number of carbonyl (C=O) groups is 1. The molecule has 0 aliphatic heterocycles. The lowest BCUT2D eigenvalue weighted by Gasteiger charge is -2.31. The van der Waals surface area contributed by atoms with E-state index in [0.717, 1.165) is 25.7 Å². The highest BCUT2D eigenvalue weighted by Crippen LogP contribution is 2.28. The van der Waals surface area contributed by atoms with Gasteiger partial charge >= 0.3 is 6.03 Å². The van der Waals surface area contributed by atoms with E-state index >= 15 is 0 Å². The van der Waals surface area contributed by atoms with Crippen molar-refractivity contribution in [1.29, 1.82) is 0 Å². The van der Waals surface area contributed by atoms with Crippen LogP contribution in [0, 0.1) is 6.92 Å². The number of aromatic nitrogens is 4. The molecule has 0 saturated heterocycles. The van der Waals surface area contributed by atoms with Gasteiger partial charge in [-0.25, -0.2) is 9.48 Å². The Hall–Kier alpha value is -2.42. The molecule has 2 atom stereocenters. The summed E-state index contributed by atoms with van der Waals surface area (Å²) >= 11 is 0. The summed E-state index contributed by atoms with van der Waals surface area (Å²) < 4.78 is 6.65. The minimum Gasteiger partial charge on any atom is -0.390 e. The molecule has 1 saturated carbocycles. The average molecular weight is 320 g/mol. The Morgan fingerprint density at radius 3 is 3.00 bits per heavy atom. The molecule has 3 rings (SSSR count). The number of nitrogens with one attached hydrogen (secondary N) is 2. The Labute approximate surface area is 133 Å². The maximum absolute atomic E-state index is 12.1. The predicted octanol–water partition coefficient (Wildman–Crippen LogP) is 1.37. The van der Waals surface area contributed by atoms with E-state index in [4.69, 9.17) is 9.63 Å². The van der Waals surface area contributed by atoms with Crippen LogP contribution in [0.3, 0.4) is 0 Å². The topological polar surface area (TPSA) is 118 Å². The van der Waals surface area contributed by atoms with Gasteiger partial charge in [0.15, 0.2) is 5.82 Å². The fourth-order valence-corrected chi connectivity index (χ4v) is 2.89. The fourth-order valence-electron chi connectivity index (χ4n) is 2.89. The second-order valence-electron chi connectivity index (χ2n) is 5.73. The van der Waals surface area contributed by atoms with Crippen molar-refractivity contribution in [2.75, 3.05) is 5.32 Å². The van der Waals surface area contributed by atoms with Crippen LogP contribution in [0.4, 0.5) is 10.6 Å². The van der Waals surface area contributed by atoms with Crippen LogP contribution in [-0.2, 0) is 6.61 Å². The Bertz CT molecular complexity index is 667. The van der Waals surface area contributed by atoms with Gasteiger partial charge in [0, 0.05) is 6.07 Å². The van der Waals surface area contributed by atoms with Crippen molar-refractivity contribution in [2.24, 2.45) is 0 Å². The molecule has 2 amide bonds. The Kier molecular flexibility index (Phi) is 4.56. The Morgan fingerprint density at radius 1 is 1.48 bits per heavy atom. The lowest BCUT2D eigenvalue weighted by Crippen LogP contribution is -2.45. The molecule has 1 fully saturated rings. The van der Waals surface area contributed by atoms with Gasteiger partial charge in [0.05, 0.1) is 24.9 Å². The average Bonchev–Trinajstić information content (AvgIpc) is 3.17. The quantitative estimate of drug-likeness (QED) is 0.783. The number of hydrogen-bond acceptors (Lipinski definition) is 6. The molecule has 9 nitrogen and oxygen atoms in total. The first kappa shape index (κ1) is 15.5. The molecule has 23 heavy (non-hydrogen) atoms. The lowest BCUT2D eigenvalue weighted by molar-refractivity contribution is 0.221. The highest BCUT2D eigenvalue weighted by Gasteiger charge is 2.29. The van der Waals surface area contributed by atoms with E-state index in [1.54, 1.807) is 23.9 Å². The molecule has 0 unspecified atom stereocenters. The first-order chi connectivity index (χ1) is 11.2. The standard InChI is InChI=1S/C14H20N6O3/c1-9-6-13(18-23-9)16-14(22)15-11-4-2-3-5-12(11)20-7-10(8-21)17-19-20/h6-7,11-12,21H,2-5,8H2,1H3,(H2,15,16,18,22)/t11-,12+/m0/s1. The number of hydrogen-bond donors (Lipinski definition) is 3. The first-order valence-corrected chi connectivity index (χ1v) is 7.68. The fraction of sp³-hybridized carbons (Fsp3) is 0.571. The zero-order chi connectivity index (χ0) is 16.2. The van der Waals surface area contributed by atoms with Crippen LogP contribution >= 0.6 is 0 Å². The van der Waals surface area contributed by atoms with Gasteiger partial charge in [-0.05, 0) is 19.8 Å². The molecule has 3 N–H and O–H groups in total. The number of carbonyl (C=O) groups excluding carboxylic acids is 1. The number of rotatable bonds is 4. The number of aliphatic hydroxyl groups excluding tert-OH is 1. The second-order valence-corrected chi connectivity index (χ2v) is 5.73. The maximum atomic E-state index is 12.1. The number of amides is 2. The molecule has 0 aromatic carbocycles. The molecule has 2 heterocycles. The van der Waals surface area contributed by atoms with Gasteiger partial charge in [-0.15, -0.1) is 5.10 Å². The van der Waals surface area contributed by atoms with E-state index in [1.807, 2.05) is 0 Å². The minimum absolute atomic E-state index is 0.0290. The molecule has 1 aliphatic rings. The van der Waals surface area contributed by atoms with E-state index in [0.29, 0.717) is 17.3 Å². The molecule has 2 aromatic heterocycles. The first-order valence-electron chi connectivity index (χ1n) is 7.68. The van der Waals surface area contributed by atoms with Gasteiger partial charge in [0.25, 0.3) is 0 Å². The van der Waals surface area contributed by atoms with Crippen molar-refractivity contribution in [2.45, 2.75) is 51.3 Å². The summed E-state index contributed by atoms with van der Waals surface area (Å²) in [7, 11) is 0. The van der Waals surface area contributed by atoms with Gasteiger partial charge < -0.3 is 14.9 Å². The summed E-state index contributed by atoms with van der Waals surface area (Å²) in [5, 5.41) is 26.5. The monoisotopic (exact) mass is 320 g/mol. The molecule has 2 aromatic rings. The summed E-state index contributed by atoms with van der Waals surface area (Å²) in [5.41, 5.74) is 0.525. The normalized spacial score (nSPS) is 21.1. The van der Waals surface area contributed by atoms with E-state index in [9.17, 15) is 4.79 Å². The van der Waals surface area contributed by atoms with Crippen LogP contribution < -0.4 is 10.6 Å². The molecular weight excluding hydrogens is 300 g/mol. The number of urea groups is 1. The highest BCUT2D eigenvalue weighted by molar-refractivity contribution is 5.88. The van der Waals surface area contributed by atoms with Crippen molar-refractivity contribution < 1.29 is 14.4 Å². The van der Waals surface area contributed by atoms with Crippen LogP contribution in [0.1, 0.15) is 43.2 Å². The van der Waals surface area contributed by atoms with E-state index in [-0.39, 0.29) is 24.7 Å². The highest BCUT2D eigenvalue weighted by atomic mass is 16.5. The zero-order valence-electron chi connectivity index (χ0n) is 12.9. The molecule has 1 aliphatic carbocycles. The Balaban J connectivity index is 1.65. The van der Waals surface area contributed by atoms with E-state index in [1.165, 1.54) is 0 Å². The molecule has 124 valence electrons. The molecule has 0 bridgehead atoms. The van der Waals surface area contributed by atoms with Crippen LogP contribution in [0.25, 0.3) is 0 Å². The van der Waals surface area contributed by atoms with Gasteiger partial charge in [-0.3, -0.25) is 5.32 Å². The summed E-state index contributed by atoms with van der Waals surface area (Å²) in [4.78, 5) is 12.1. The minimum atomic E-state index is -0.322. The molecular formula is C14H20N6O3. The number of nitrogens with zero attached hydrogens (tertiary/aromatic N) is 4. The molecule has 0 spiro atoms. The third kappa shape index (κ3) is 3.67. The zero-order valence-corrected chi connectivity index (χ0v) is 12.9. The van der Waals surface area contributed by atoms with Crippen molar-refractivity contribution in [1.82, 2.24) is 25.5 Å². The van der Waals surface area contributed by atoms with Crippen LogP contribution in [0.5, 0.6) is 0 Å².